The molecular formula is C32H41NO. The zero-order valence-corrected chi connectivity index (χ0v) is 21.6. The Hall–Kier alpha value is -2.61. The molecule has 4 rings (SSSR count). The number of benzene rings is 2. The first-order valence-corrected chi connectivity index (χ1v) is 13.1. The normalized spacial score (nSPS) is 26.7. The molecule has 2 heteroatoms. The van der Waals surface area contributed by atoms with Crippen molar-refractivity contribution in [2.24, 2.45) is 17.8 Å². The Labute approximate surface area is 207 Å². The van der Waals surface area contributed by atoms with E-state index in [0.717, 1.165) is 25.0 Å². The fraction of sp³-hybridized carbons (Fsp3) is 0.469. The number of nitrogens with zero attached hydrogens (tertiary/aromatic N) is 1. The van der Waals surface area contributed by atoms with Crippen LogP contribution in [-0.4, -0.2) is 22.9 Å². The second-order valence-electron chi connectivity index (χ2n) is 10.8. The van der Waals surface area contributed by atoms with E-state index in [1.54, 1.807) is 0 Å². The van der Waals surface area contributed by atoms with E-state index in [2.05, 4.69) is 118 Å². The van der Waals surface area contributed by atoms with E-state index in [9.17, 15) is 0 Å². The number of hydrogen-bond acceptors (Lipinski definition) is 1. The Kier molecular flexibility index (Phi) is 7.76. The first-order valence-electron chi connectivity index (χ1n) is 13.1. The van der Waals surface area contributed by atoms with Gasteiger partial charge in [-0.2, -0.15) is 0 Å². The molecule has 0 amide bonds. The Morgan fingerprint density at radius 3 is 2.32 bits per heavy atom. The molecule has 4 atom stereocenters. The first kappa shape index (κ1) is 24.5. The number of rotatable bonds is 7. The largest absolute Gasteiger partial charge is 0.590 e. The van der Waals surface area contributed by atoms with Gasteiger partial charge in [0.2, 0.25) is 0 Å². The number of hydrogen-bond donors (Lipinski definition) is 0. The van der Waals surface area contributed by atoms with Crippen molar-refractivity contribution in [1.82, 2.24) is 0 Å². The monoisotopic (exact) mass is 455 g/mol. The Morgan fingerprint density at radius 2 is 1.65 bits per heavy atom. The fourth-order valence-electron chi connectivity index (χ4n) is 5.77. The van der Waals surface area contributed by atoms with Gasteiger partial charge in [-0.25, -0.2) is 0 Å². The standard InChI is InChI=1S/C32H41NO/c1-6-20-33-21-19-25(3)28(31(33)26-13-9-7-10-14-26)23-34-30-22-24(2)17-18-29(30)32(4,5)27-15-11-8-12-16-27/h7-16,19,21,24-25,29-30H,6,17-18,20,22H2,1-5H3/t24-,25-,29-,30-/m1/s1. The molecule has 1 aliphatic heterocycles. The summed E-state index contributed by atoms with van der Waals surface area (Å²) in [4.78, 5) is 0. The fourth-order valence-corrected chi connectivity index (χ4v) is 5.77. The highest BCUT2D eigenvalue weighted by Gasteiger charge is 2.40. The minimum absolute atomic E-state index is 0.0523. The summed E-state index contributed by atoms with van der Waals surface area (Å²) in [7, 11) is 0. The van der Waals surface area contributed by atoms with E-state index in [0.29, 0.717) is 11.8 Å². The van der Waals surface area contributed by atoms with Gasteiger partial charge in [-0.1, -0.05) is 108 Å². The molecule has 0 saturated heterocycles. The Morgan fingerprint density at radius 1 is 0.971 bits per heavy atom. The highest BCUT2D eigenvalue weighted by molar-refractivity contribution is 6.09. The topological polar surface area (TPSA) is 12.2 Å². The van der Waals surface area contributed by atoms with Gasteiger partial charge in [0, 0.05) is 12.3 Å². The van der Waals surface area contributed by atoms with E-state index >= 15 is 0 Å². The average molecular weight is 456 g/mol. The lowest BCUT2D eigenvalue weighted by molar-refractivity contribution is -0.458. The van der Waals surface area contributed by atoms with Gasteiger partial charge in [0.25, 0.3) is 0 Å². The minimum atomic E-state index is 0.0523. The average Bonchev–Trinajstić information content (AvgIpc) is 2.85. The van der Waals surface area contributed by atoms with Crippen LogP contribution in [0.4, 0.5) is 0 Å². The molecule has 1 saturated carbocycles. The van der Waals surface area contributed by atoms with Gasteiger partial charge in [-0.05, 0) is 47.3 Å². The Balaban J connectivity index is 1.68. The molecule has 0 unspecified atom stereocenters. The van der Waals surface area contributed by atoms with Crippen molar-refractivity contribution in [1.29, 1.82) is 0 Å². The second-order valence-corrected chi connectivity index (χ2v) is 10.8. The lowest BCUT2D eigenvalue weighted by Crippen LogP contribution is -2.42. The molecule has 2 aliphatic rings. The quantitative estimate of drug-likeness (QED) is 0.238. The third kappa shape index (κ3) is 5.22. The zero-order valence-electron chi connectivity index (χ0n) is 21.6. The summed E-state index contributed by atoms with van der Waals surface area (Å²) in [5.74, 6) is 1.41. The molecule has 0 aromatic heterocycles. The molecule has 1 aliphatic carbocycles. The lowest BCUT2D eigenvalue weighted by Gasteiger charge is -2.45. The molecule has 0 bridgehead atoms. The zero-order chi connectivity index (χ0) is 24.1. The molecule has 0 spiro atoms. The maximum atomic E-state index is 6.69. The predicted octanol–water partition coefficient (Wildman–Crippen LogP) is 7.55. The molecule has 34 heavy (non-hydrogen) atoms. The highest BCUT2D eigenvalue weighted by atomic mass is 16.5. The Bertz CT molecular complexity index is 1030. The summed E-state index contributed by atoms with van der Waals surface area (Å²) in [5, 5.41) is 0. The molecule has 2 aromatic carbocycles. The summed E-state index contributed by atoms with van der Waals surface area (Å²) >= 11 is 0. The molecule has 2 aromatic rings. The van der Waals surface area contributed by atoms with Crippen molar-refractivity contribution >= 4 is 5.71 Å². The van der Waals surface area contributed by atoms with Crippen LogP contribution in [0, 0.1) is 24.0 Å². The molecule has 0 radical (unpaired) electrons. The first-order chi connectivity index (χ1) is 16.4. The van der Waals surface area contributed by atoms with Crippen LogP contribution in [0.3, 0.4) is 0 Å². The minimum Gasteiger partial charge on any atom is -0.590 e. The molecule has 1 heterocycles. The van der Waals surface area contributed by atoms with Crippen molar-refractivity contribution in [2.75, 3.05) is 6.54 Å². The van der Waals surface area contributed by atoms with Crippen LogP contribution in [0.1, 0.15) is 71.4 Å². The smallest absolute Gasteiger partial charge is 0.149 e. The van der Waals surface area contributed by atoms with Gasteiger partial charge in [-0.15, -0.1) is 5.57 Å². The molecular weight excluding hydrogens is 414 g/mol. The highest BCUT2D eigenvalue weighted by Crippen LogP contribution is 2.43. The van der Waals surface area contributed by atoms with Gasteiger partial charge < -0.3 is 4.74 Å². The SMILES string of the molecule is CCC[N+]1=C(c2ccccc2)C(=[C-]O[C@@H]2C[C@H](C)CC[C@H]2C(C)(C)c2ccccc2)[C@H](C)C=C1. The molecule has 1 fully saturated rings. The summed E-state index contributed by atoms with van der Waals surface area (Å²) in [6.07, 6.45) is 12.9. The van der Waals surface area contributed by atoms with Crippen LogP contribution in [0.5, 0.6) is 0 Å². The van der Waals surface area contributed by atoms with Crippen molar-refractivity contribution < 1.29 is 9.31 Å². The van der Waals surface area contributed by atoms with Crippen LogP contribution in [0.15, 0.2) is 78.5 Å². The second kappa shape index (κ2) is 10.8. The van der Waals surface area contributed by atoms with Crippen molar-refractivity contribution in [3.05, 3.63) is 95.9 Å². The van der Waals surface area contributed by atoms with Crippen molar-refractivity contribution in [3.8, 4) is 0 Å². The van der Waals surface area contributed by atoms with E-state index in [1.807, 2.05) is 0 Å². The molecule has 0 N–H and O–H groups in total. The van der Waals surface area contributed by atoms with Gasteiger partial charge in [0.1, 0.15) is 12.7 Å². The van der Waals surface area contributed by atoms with E-state index in [1.165, 1.54) is 29.7 Å². The maximum Gasteiger partial charge on any atom is 0.149 e. The molecule has 2 nitrogen and oxygen atoms in total. The van der Waals surface area contributed by atoms with Crippen LogP contribution >= 0.6 is 0 Å². The van der Waals surface area contributed by atoms with Crippen LogP contribution < -0.4 is 0 Å². The van der Waals surface area contributed by atoms with E-state index in [4.69, 9.17) is 4.74 Å². The summed E-state index contributed by atoms with van der Waals surface area (Å²) in [6.45, 7) is 12.6. The summed E-state index contributed by atoms with van der Waals surface area (Å²) in [5.41, 5.74) is 5.08. The van der Waals surface area contributed by atoms with Crippen LogP contribution in [-0.2, 0) is 10.2 Å². The third-order valence-electron chi connectivity index (χ3n) is 7.88. The molecule has 180 valence electrons. The third-order valence-corrected chi connectivity index (χ3v) is 7.88. The van der Waals surface area contributed by atoms with Gasteiger partial charge in [0.05, 0.1) is 11.8 Å². The number of allylic oxidation sites excluding steroid dienone is 2. The van der Waals surface area contributed by atoms with Crippen LogP contribution in [0.25, 0.3) is 0 Å². The van der Waals surface area contributed by atoms with E-state index in [-0.39, 0.29) is 17.4 Å². The maximum absolute atomic E-state index is 6.69. The lowest BCUT2D eigenvalue weighted by atomic mass is 9.64. The van der Waals surface area contributed by atoms with Crippen LogP contribution in [0.2, 0.25) is 0 Å². The predicted molar refractivity (Wildman–Crippen MR) is 142 cm³/mol. The van der Waals surface area contributed by atoms with E-state index < -0.39 is 0 Å². The summed E-state index contributed by atoms with van der Waals surface area (Å²) < 4.78 is 9.06. The summed E-state index contributed by atoms with van der Waals surface area (Å²) in [6, 6.07) is 21.7. The van der Waals surface area contributed by atoms with Gasteiger partial charge in [0.15, 0.2) is 0 Å². The van der Waals surface area contributed by atoms with Crippen molar-refractivity contribution in [3.63, 3.8) is 0 Å². The number of ether oxygens (including phenoxy) is 1. The van der Waals surface area contributed by atoms with Gasteiger partial charge in [-0.3, -0.25) is 4.58 Å². The van der Waals surface area contributed by atoms with Crippen molar-refractivity contribution in [2.45, 2.75) is 71.8 Å². The van der Waals surface area contributed by atoms with Gasteiger partial charge >= 0.3 is 0 Å².